The summed E-state index contributed by atoms with van der Waals surface area (Å²) in [5.41, 5.74) is -0.996. The van der Waals surface area contributed by atoms with Crippen molar-refractivity contribution >= 4 is 23.7 Å². The van der Waals surface area contributed by atoms with Crippen LogP contribution < -0.4 is 0 Å². The van der Waals surface area contributed by atoms with E-state index in [1.54, 1.807) is 34.6 Å². The van der Waals surface area contributed by atoms with Gasteiger partial charge in [-0.25, -0.2) is 14.0 Å². The zero-order valence-corrected chi connectivity index (χ0v) is 14.5. The van der Waals surface area contributed by atoms with Crippen molar-refractivity contribution in [3.63, 3.8) is 0 Å². The molecule has 0 aliphatic rings. The molecule has 5 nitrogen and oxygen atoms in total. The molecule has 0 radical (unpaired) electrons. The molecule has 7 heteroatoms. The molecule has 0 bridgehead atoms. The van der Waals surface area contributed by atoms with E-state index in [9.17, 15) is 19.1 Å². The monoisotopic (exact) mass is 345 g/mol. The zero-order chi connectivity index (χ0) is 17.9. The van der Waals surface area contributed by atoms with Gasteiger partial charge in [-0.1, -0.05) is 11.6 Å². The van der Waals surface area contributed by atoms with Crippen LogP contribution in [0.5, 0.6) is 0 Å². The average molecular weight is 346 g/mol. The Morgan fingerprint density at radius 2 is 1.87 bits per heavy atom. The first kappa shape index (κ1) is 19.2. The third-order valence-corrected chi connectivity index (χ3v) is 3.16. The molecule has 0 aromatic heterocycles. The highest BCUT2D eigenvalue weighted by atomic mass is 35.5. The lowest BCUT2D eigenvalue weighted by atomic mass is 10.0. The highest BCUT2D eigenvalue weighted by Crippen LogP contribution is 2.29. The molecule has 1 aromatic rings. The summed E-state index contributed by atoms with van der Waals surface area (Å²) < 4.78 is 19.4. The molecule has 1 atom stereocenters. The number of carboxylic acid groups (broad SMARTS) is 1. The Morgan fingerprint density at radius 3 is 2.30 bits per heavy atom. The van der Waals surface area contributed by atoms with E-state index in [1.807, 2.05) is 0 Å². The van der Waals surface area contributed by atoms with Gasteiger partial charge in [0.1, 0.15) is 11.4 Å². The number of rotatable bonds is 4. The van der Waals surface area contributed by atoms with E-state index in [2.05, 4.69) is 0 Å². The van der Waals surface area contributed by atoms with Gasteiger partial charge in [-0.05, 0) is 52.8 Å². The standard InChI is InChI=1S/C16H21ClFNO4/c1-9(2)19(15(22)23-16(3,4)5)13(14(20)21)11-8-10(17)6-7-12(11)18/h6-9,13H,1-5H3,(H,20,21). The van der Waals surface area contributed by atoms with E-state index >= 15 is 0 Å². The van der Waals surface area contributed by atoms with Crippen LogP contribution in [-0.2, 0) is 9.53 Å². The third-order valence-electron chi connectivity index (χ3n) is 2.93. The predicted octanol–water partition coefficient (Wildman–Crippen LogP) is 4.25. The van der Waals surface area contributed by atoms with Crippen molar-refractivity contribution in [2.24, 2.45) is 0 Å². The highest BCUT2D eigenvalue weighted by Gasteiger charge is 2.37. The summed E-state index contributed by atoms with van der Waals surface area (Å²) in [5.74, 6) is -2.12. The fraction of sp³-hybridized carbons (Fsp3) is 0.500. The van der Waals surface area contributed by atoms with Crippen LogP contribution >= 0.6 is 11.6 Å². The average Bonchev–Trinajstić information content (AvgIpc) is 2.35. The van der Waals surface area contributed by atoms with E-state index in [1.165, 1.54) is 12.1 Å². The minimum atomic E-state index is -1.54. The smallest absolute Gasteiger partial charge is 0.411 e. The summed E-state index contributed by atoms with van der Waals surface area (Å²) in [6, 6.07) is 1.52. The minimum absolute atomic E-state index is 0.181. The SMILES string of the molecule is CC(C)N(C(=O)OC(C)(C)C)C(C(=O)O)c1cc(Cl)ccc1F. The van der Waals surface area contributed by atoms with Gasteiger partial charge in [0.05, 0.1) is 0 Å². The van der Waals surface area contributed by atoms with Gasteiger partial charge in [0, 0.05) is 16.6 Å². The van der Waals surface area contributed by atoms with Gasteiger partial charge in [0.2, 0.25) is 0 Å². The van der Waals surface area contributed by atoms with E-state index in [0.29, 0.717) is 0 Å². The topological polar surface area (TPSA) is 66.8 Å². The molecule has 1 aromatic carbocycles. The number of carbonyl (C=O) groups excluding carboxylic acids is 1. The van der Waals surface area contributed by atoms with Crippen molar-refractivity contribution in [3.05, 3.63) is 34.6 Å². The van der Waals surface area contributed by atoms with Gasteiger partial charge in [0.15, 0.2) is 6.04 Å². The number of ether oxygens (including phenoxy) is 1. The Kier molecular flexibility index (Phi) is 5.99. The molecule has 0 fully saturated rings. The maximum atomic E-state index is 14.1. The Bertz CT molecular complexity index is 598. The number of hydrogen-bond acceptors (Lipinski definition) is 3. The van der Waals surface area contributed by atoms with Crippen molar-refractivity contribution in [2.45, 2.75) is 52.3 Å². The van der Waals surface area contributed by atoms with E-state index in [-0.39, 0.29) is 10.6 Å². The lowest BCUT2D eigenvalue weighted by molar-refractivity contribution is -0.144. The summed E-state index contributed by atoms with van der Waals surface area (Å²) in [7, 11) is 0. The van der Waals surface area contributed by atoms with Gasteiger partial charge >= 0.3 is 12.1 Å². The maximum absolute atomic E-state index is 14.1. The molecule has 1 unspecified atom stereocenters. The van der Waals surface area contributed by atoms with Crippen LogP contribution in [0.25, 0.3) is 0 Å². The molecule has 23 heavy (non-hydrogen) atoms. The Balaban J connectivity index is 3.36. The van der Waals surface area contributed by atoms with Crippen LogP contribution in [0.3, 0.4) is 0 Å². The van der Waals surface area contributed by atoms with Gasteiger partial charge in [-0.3, -0.25) is 4.90 Å². The number of benzene rings is 1. The van der Waals surface area contributed by atoms with E-state index in [4.69, 9.17) is 16.3 Å². The fourth-order valence-electron chi connectivity index (χ4n) is 2.06. The highest BCUT2D eigenvalue weighted by molar-refractivity contribution is 6.30. The molecule has 0 aliphatic heterocycles. The normalized spacial score (nSPS) is 12.9. The van der Waals surface area contributed by atoms with E-state index < -0.39 is 35.6 Å². The van der Waals surface area contributed by atoms with Crippen molar-refractivity contribution in [1.29, 1.82) is 0 Å². The number of hydrogen-bond donors (Lipinski definition) is 1. The van der Waals surface area contributed by atoms with Crippen molar-refractivity contribution in [2.75, 3.05) is 0 Å². The Hall–Kier alpha value is -1.82. The zero-order valence-electron chi connectivity index (χ0n) is 13.8. The second-order valence-electron chi connectivity index (χ2n) is 6.39. The number of nitrogens with zero attached hydrogens (tertiary/aromatic N) is 1. The summed E-state index contributed by atoms with van der Waals surface area (Å²) >= 11 is 5.84. The van der Waals surface area contributed by atoms with E-state index in [0.717, 1.165) is 11.0 Å². The number of carbonyl (C=O) groups is 2. The van der Waals surface area contributed by atoms with Crippen LogP contribution in [0.1, 0.15) is 46.2 Å². The second kappa shape index (κ2) is 7.17. The third kappa shape index (κ3) is 5.10. The molecule has 1 rings (SSSR count). The molecule has 1 N–H and O–H groups in total. The number of aliphatic carboxylic acids is 1. The maximum Gasteiger partial charge on any atom is 0.411 e. The molecule has 0 saturated heterocycles. The molecule has 0 heterocycles. The molecule has 1 amide bonds. The first-order chi connectivity index (χ1) is 10.4. The fourth-order valence-corrected chi connectivity index (χ4v) is 2.24. The van der Waals surface area contributed by atoms with Crippen LogP contribution in [-0.4, -0.2) is 33.7 Å². The Morgan fingerprint density at radius 1 is 1.30 bits per heavy atom. The summed E-state index contributed by atoms with van der Waals surface area (Å²) in [6.07, 6.45) is -0.834. The molecule has 0 aliphatic carbocycles. The molecular formula is C16H21ClFNO4. The lowest BCUT2D eigenvalue weighted by Crippen LogP contribution is -2.46. The Labute approximate surface area is 140 Å². The van der Waals surface area contributed by atoms with Gasteiger partial charge in [-0.15, -0.1) is 0 Å². The van der Waals surface area contributed by atoms with Crippen molar-refractivity contribution < 1.29 is 23.8 Å². The number of carboxylic acids is 1. The predicted molar refractivity (Wildman–Crippen MR) is 85.0 cm³/mol. The second-order valence-corrected chi connectivity index (χ2v) is 6.82. The van der Waals surface area contributed by atoms with Gasteiger partial charge in [-0.2, -0.15) is 0 Å². The number of halogens is 2. The van der Waals surface area contributed by atoms with Crippen LogP contribution in [0.4, 0.5) is 9.18 Å². The van der Waals surface area contributed by atoms with Crippen molar-refractivity contribution in [3.8, 4) is 0 Å². The minimum Gasteiger partial charge on any atom is -0.479 e. The quantitative estimate of drug-likeness (QED) is 0.885. The largest absolute Gasteiger partial charge is 0.479 e. The summed E-state index contributed by atoms with van der Waals surface area (Å²) in [5, 5.41) is 9.73. The van der Waals surface area contributed by atoms with Gasteiger partial charge in [0.25, 0.3) is 0 Å². The first-order valence-electron chi connectivity index (χ1n) is 7.13. The molecule has 0 saturated carbocycles. The van der Waals surface area contributed by atoms with Crippen LogP contribution in [0.15, 0.2) is 18.2 Å². The van der Waals surface area contributed by atoms with Crippen LogP contribution in [0.2, 0.25) is 5.02 Å². The molecule has 0 spiro atoms. The van der Waals surface area contributed by atoms with Crippen molar-refractivity contribution in [1.82, 2.24) is 4.90 Å². The molecule has 128 valence electrons. The van der Waals surface area contributed by atoms with Gasteiger partial charge < -0.3 is 9.84 Å². The number of amides is 1. The first-order valence-corrected chi connectivity index (χ1v) is 7.51. The summed E-state index contributed by atoms with van der Waals surface area (Å²) in [6.45, 7) is 8.25. The molecular weight excluding hydrogens is 325 g/mol. The summed E-state index contributed by atoms with van der Waals surface area (Å²) in [4.78, 5) is 25.1. The van der Waals surface area contributed by atoms with Crippen LogP contribution in [0, 0.1) is 5.82 Å². The lowest BCUT2D eigenvalue weighted by Gasteiger charge is -2.34.